The van der Waals surface area contributed by atoms with E-state index in [2.05, 4.69) is 5.32 Å². The van der Waals surface area contributed by atoms with Gasteiger partial charge in [-0.2, -0.15) is 0 Å². The monoisotopic (exact) mass is 318 g/mol. The Kier molecular flexibility index (Phi) is 3.20. The molecule has 0 saturated heterocycles. The molecule has 118 valence electrons. The highest BCUT2D eigenvalue weighted by Crippen LogP contribution is 2.36. The molecule has 1 amide bonds. The molecule has 0 bridgehead atoms. The average molecular weight is 318 g/mol. The normalized spacial score (nSPS) is 12.7. The molecule has 0 atom stereocenters. The number of carbonyl (C=O) groups excluding carboxylic acids is 1. The SMILES string of the molecule is O=C(O)c1ccc(NCN2C(=O)c3cccc4cccc2c34)cc1. The highest BCUT2D eigenvalue weighted by atomic mass is 16.4. The van der Waals surface area contributed by atoms with Crippen LogP contribution in [-0.2, 0) is 0 Å². The number of anilines is 2. The lowest BCUT2D eigenvalue weighted by Gasteiger charge is -2.19. The lowest BCUT2D eigenvalue weighted by molar-refractivity contribution is 0.0696. The van der Waals surface area contributed by atoms with Crippen molar-refractivity contribution in [3.05, 3.63) is 71.8 Å². The summed E-state index contributed by atoms with van der Waals surface area (Å²) in [5.74, 6) is -0.991. The van der Waals surface area contributed by atoms with Crippen LogP contribution in [0.15, 0.2) is 60.7 Å². The van der Waals surface area contributed by atoms with Crippen LogP contribution >= 0.6 is 0 Å². The summed E-state index contributed by atoms with van der Waals surface area (Å²) >= 11 is 0. The predicted molar refractivity (Wildman–Crippen MR) is 92.6 cm³/mol. The Bertz CT molecular complexity index is 959. The molecular formula is C19H14N2O3. The summed E-state index contributed by atoms with van der Waals surface area (Å²) in [6.07, 6.45) is 0. The second-order valence-electron chi connectivity index (χ2n) is 5.63. The lowest BCUT2D eigenvalue weighted by atomic mass is 10.1. The van der Waals surface area contributed by atoms with E-state index in [0.29, 0.717) is 12.2 Å². The van der Waals surface area contributed by atoms with E-state index in [1.165, 1.54) is 12.1 Å². The minimum Gasteiger partial charge on any atom is -0.478 e. The Morgan fingerprint density at radius 1 is 1.00 bits per heavy atom. The van der Waals surface area contributed by atoms with Crippen molar-refractivity contribution < 1.29 is 14.7 Å². The topological polar surface area (TPSA) is 69.6 Å². The summed E-state index contributed by atoms with van der Waals surface area (Å²) < 4.78 is 0. The lowest BCUT2D eigenvalue weighted by Crippen LogP contribution is -2.32. The van der Waals surface area contributed by atoms with Crippen molar-refractivity contribution in [2.24, 2.45) is 0 Å². The Balaban J connectivity index is 1.59. The molecule has 0 saturated carbocycles. The van der Waals surface area contributed by atoms with Crippen LogP contribution in [0.25, 0.3) is 10.8 Å². The zero-order chi connectivity index (χ0) is 16.7. The van der Waals surface area contributed by atoms with Crippen molar-refractivity contribution >= 4 is 34.0 Å². The van der Waals surface area contributed by atoms with Crippen molar-refractivity contribution in [3.8, 4) is 0 Å². The van der Waals surface area contributed by atoms with E-state index in [4.69, 9.17) is 5.11 Å². The minimum absolute atomic E-state index is 0.0311. The average Bonchev–Trinajstić information content (AvgIpc) is 2.88. The first kappa shape index (κ1) is 14.3. The van der Waals surface area contributed by atoms with Gasteiger partial charge in [0.15, 0.2) is 0 Å². The second-order valence-corrected chi connectivity index (χ2v) is 5.63. The number of aromatic carboxylic acids is 1. The molecule has 5 nitrogen and oxygen atoms in total. The van der Waals surface area contributed by atoms with Crippen molar-refractivity contribution in [1.29, 1.82) is 0 Å². The number of rotatable bonds is 4. The van der Waals surface area contributed by atoms with E-state index in [1.807, 2.05) is 36.4 Å². The summed E-state index contributed by atoms with van der Waals surface area (Å²) in [7, 11) is 0. The summed E-state index contributed by atoms with van der Waals surface area (Å²) in [4.78, 5) is 25.2. The number of nitrogens with one attached hydrogen (secondary N) is 1. The van der Waals surface area contributed by atoms with Gasteiger partial charge in [0.1, 0.15) is 0 Å². The molecule has 3 aromatic rings. The molecule has 5 heteroatoms. The van der Waals surface area contributed by atoms with Gasteiger partial charge in [0.25, 0.3) is 5.91 Å². The van der Waals surface area contributed by atoms with Gasteiger partial charge in [0.05, 0.1) is 17.9 Å². The van der Waals surface area contributed by atoms with Gasteiger partial charge in [-0.25, -0.2) is 4.79 Å². The van der Waals surface area contributed by atoms with E-state index in [9.17, 15) is 9.59 Å². The molecule has 0 aromatic heterocycles. The first-order valence-electron chi connectivity index (χ1n) is 7.56. The fraction of sp³-hybridized carbons (Fsp3) is 0.0526. The number of benzene rings is 3. The van der Waals surface area contributed by atoms with Crippen molar-refractivity contribution in [2.45, 2.75) is 0 Å². The Hall–Kier alpha value is -3.34. The van der Waals surface area contributed by atoms with E-state index in [1.54, 1.807) is 17.0 Å². The van der Waals surface area contributed by atoms with Gasteiger partial charge >= 0.3 is 5.97 Å². The molecule has 0 spiro atoms. The maximum absolute atomic E-state index is 12.7. The third-order valence-electron chi connectivity index (χ3n) is 4.22. The fourth-order valence-electron chi connectivity index (χ4n) is 3.04. The second kappa shape index (κ2) is 5.38. The maximum Gasteiger partial charge on any atom is 0.335 e. The Labute approximate surface area is 138 Å². The molecule has 1 aliphatic rings. The largest absolute Gasteiger partial charge is 0.478 e. The molecule has 24 heavy (non-hydrogen) atoms. The van der Waals surface area contributed by atoms with Gasteiger partial charge in [-0.15, -0.1) is 0 Å². The van der Waals surface area contributed by atoms with Crippen LogP contribution in [0.3, 0.4) is 0 Å². The molecular weight excluding hydrogens is 304 g/mol. The van der Waals surface area contributed by atoms with Crippen LogP contribution in [-0.4, -0.2) is 23.7 Å². The predicted octanol–water partition coefficient (Wildman–Crippen LogP) is 3.57. The van der Waals surface area contributed by atoms with Gasteiger partial charge in [-0.05, 0) is 41.8 Å². The van der Waals surface area contributed by atoms with Gasteiger partial charge in [0.2, 0.25) is 0 Å². The third kappa shape index (κ3) is 2.18. The number of hydrogen-bond donors (Lipinski definition) is 2. The third-order valence-corrected chi connectivity index (χ3v) is 4.22. The summed E-state index contributed by atoms with van der Waals surface area (Å²) in [6.45, 7) is 0.318. The van der Waals surface area contributed by atoms with Gasteiger partial charge in [0, 0.05) is 16.6 Å². The van der Waals surface area contributed by atoms with Crippen LogP contribution in [0, 0.1) is 0 Å². The maximum atomic E-state index is 12.7. The van der Waals surface area contributed by atoms with Crippen molar-refractivity contribution in [2.75, 3.05) is 16.9 Å². The number of carboxylic acid groups (broad SMARTS) is 1. The van der Waals surface area contributed by atoms with E-state index >= 15 is 0 Å². The van der Waals surface area contributed by atoms with Crippen molar-refractivity contribution in [1.82, 2.24) is 0 Å². The summed E-state index contributed by atoms with van der Waals surface area (Å²) in [5, 5.41) is 14.1. The molecule has 1 heterocycles. The number of carboxylic acids is 1. The zero-order valence-corrected chi connectivity index (χ0v) is 12.7. The summed E-state index contributed by atoms with van der Waals surface area (Å²) in [5.41, 5.74) is 2.60. The number of hydrogen-bond acceptors (Lipinski definition) is 3. The van der Waals surface area contributed by atoms with E-state index in [0.717, 1.165) is 22.1 Å². The van der Waals surface area contributed by atoms with Gasteiger partial charge in [-0.3, -0.25) is 9.69 Å². The van der Waals surface area contributed by atoms with Crippen LogP contribution in [0.4, 0.5) is 11.4 Å². The van der Waals surface area contributed by atoms with E-state index in [-0.39, 0.29) is 11.5 Å². The summed E-state index contributed by atoms with van der Waals surface area (Å²) in [6, 6.07) is 18.1. The standard InChI is InChI=1S/C19H14N2O3/c22-18-15-5-1-3-12-4-2-6-16(17(12)15)21(18)11-20-14-9-7-13(8-10-14)19(23)24/h1-10,20H,11H2,(H,23,24). The van der Waals surface area contributed by atoms with Crippen LogP contribution in [0.1, 0.15) is 20.7 Å². The molecule has 0 unspecified atom stereocenters. The van der Waals surface area contributed by atoms with E-state index < -0.39 is 5.97 Å². The highest BCUT2D eigenvalue weighted by molar-refractivity contribution is 6.25. The van der Waals surface area contributed by atoms with Crippen LogP contribution < -0.4 is 10.2 Å². The highest BCUT2D eigenvalue weighted by Gasteiger charge is 2.29. The Morgan fingerprint density at radius 2 is 1.71 bits per heavy atom. The minimum atomic E-state index is -0.960. The smallest absolute Gasteiger partial charge is 0.335 e. The number of amides is 1. The van der Waals surface area contributed by atoms with Crippen molar-refractivity contribution in [3.63, 3.8) is 0 Å². The molecule has 0 fully saturated rings. The van der Waals surface area contributed by atoms with Gasteiger partial charge < -0.3 is 10.4 Å². The molecule has 1 aliphatic heterocycles. The van der Waals surface area contributed by atoms with Crippen LogP contribution in [0.5, 0.6) is 0 Å². The van der Waals surface area contributed by atoms with Gasteiger partial charge in [-0.1, -0.05) is 24.3 Å². The molecule has 0 aliphatic carbocycles. The Morgan fingerprint density at radius 3 is 2.42 bits per heavy atom. The molecule has 2 N–H and O–H groups in total. The first-order chi connectivity index (χ1) is 11.6. The van der Waals surface area contributed by atoms with Crippen LogP contribution in [0.2, 0.25) is 0 Å². The molecule has 4 rings (SSSR count). The quantitative estimate of drug-likeness (QED) is 0.771. The first-order valence-corrected chi connectivity index (χ1v) is 7.56. The number of nitrogens with zero attached hydrogens (tertiary/aromatic N) is 1. The molecule has 0 radical (unpaired) electrons. The number of carbonyl (C=O) groups is 2. The zero-order valence-electron chi connectivity index (χ0n) is 12.7. The molecule has 3 aromatic carbocycles. The fourth-order valence-corrected chi connectivity index (χ4v) is 3.04.